The van der Waals surface area contributed by atoms with Crippen molar-refractivity contribution in [3.63, 3.8) is 0 Å². The number of amides is 2. The molecule has 7 nitrogen and oxygen atoms in total. The van der Waals surface area contributed by atoms with Gasteiger partial charge in [-0.25, -0.2) is 4.79 Å². The summed E-state index contributed by atoms with van der Waals surface area (Å²) in [4.78, 5) is 16.4. The second-order valence-electron chi connectivity index (χ2n) is 6.39. The Morgan fingerprint density at radius 1 is 1.19 bits per heavy atom. The maximum Gasteiger partial charge on any atom is 0.317 e. The lowest BCUT2D eigenvalue weighted by molar-refractivity contribution is 0.104. The minimum atomic E-state index is -0.00803. The van der Waals surface area contributed by atoms with E-state index in [2.05, 4.69) is 16.3 Å². The zero-order valence-electron chi connectivity index (χ0n) is 15.7. The van der Waals surface area contributed by atoms with E-state index < -0.39 is 0 Å². The molecule has 0 unspecified atom stereocenters. The van der Waals surface area contributed by atoms with E-state index in [0.717, 1.165) is 36.7 Å². The van der Waals surface area contributed by atoms with Crippen molar-refractivity contribution in [2.45, 2.75) is 13.0 Å². The molecule has 27 heavy (non-hydrogen) atoms. The average Bonchev–Trinajstić information content (AvgIpc) is 3.24. The number of ether oxygens (including phenoxy) is 2. The highest BCUT2D eigenvalue weighted by Gasteiger charge is 2.21. The van der Waals surface area contributed by atoms with Gasteiger partial charge in [-0.2, -0.15) is 0 Å². The molecule has 0 spiro atoms. The van der Waals surface area contributed by atoms with Crippen molar-refractivity contribution in [3.8, 4) is 5.75 Å². The number of methoxy groups -OCH3 is 1. The van der Waals surface area contributed by atoms with Crippen LogP contribution >= 0.6 is 0 Å². The third kappa shape index (κ3) is 5.65. The molecule has 0 aliphatic carbocycles. The lowest BCUT2D eigenvalue weighted by atomic mass is 10.2. The van der Waals surface area contributed by atoms with Crippen molar-refractivity contribution in [2.75, 3.05) is 51.3 Å². The summed E-state index contributed by atoms with van der Waals surface area (Å²) in [5, 5.41) is 2.96. The number of nitrogens with zero attached hydrogens (tertiary/aromatic N) is 2. The molecule has 1 saturated heterocycles. The van der Waals surface area contributed by atoms with Crippen molar-refractivity contribution in [1.29, 1.82) is 0 Å². The maximum absolute atomic E-state index is 12.3. The number of nitrogens with one attached hydrogen (secondary N) is 1. The fraction of sp³-hybridized carbons (Fsp3) is 0.450. The largest absolute Gasteiger partial charge is 0.497 e. The smallest absolute Gasteiger partial charge is 0.317 e. The summed E-state index contributed by atoms with van der Waals surface area (Å²) in [6.45, 7) is 4.70. The zero-order valence-corrected chi connectivity index (χ0v) is 15.7. The molecule has 2 amide bonds. The predicted octanol–water partition coefficient (Wildman–Crippen LogP) is 2.73. The highest BCUT2D eigenvalue weighted by Crippen LogP contribution is 2.22. The summed E-state index contributed by atoms with van der Waals surface area (Å²) >= 11 is 0. The Bertz CT molecular complexity index is 697. The second kappa shape index (κ2) is 9.87. The van der Waals surface area contributed by atoms with Crippen LogP contribution < -0.4 is 15.0 Å². The van der Waals surface area contributed by atoms with Crippen LogP contribution in [0.1, 0.15) is 12.2 Å². The molecule has 1 aromatic heterocycles. The minimum absolute atomic E-state index is 0.00803. The lowest BCUT2D eigenvalue weighted by Crippen LogP contribution is -2.52. The number of hydrogen-bond acceptors (Lipinski definition) is 5. The number of rotatable bonds is 8. The quantitative estimate of drug-likeness (QED) is 0.721. The molecule has 146 valence electrons. The van der Waals surface area contributed by atoms with Gasteiger partial charge in [0.1, 0.15) is 18.1 Å². The van der Waals surface area contributed by atoms with Crippen LogP contribution in [0.3, 0.4) is 0 Å². The number of benzene rings is 1. The van der Waals surface area contributed by atoms with E-state index >= 15 is 0 Å². The highest BCUT2D eigenvalue weighted by atomic mass is 16.5. The van der Waals surface area contributed by atoms with Crippen molar-refractivity contribution in [1.82, 2.24) is 10.2 Å². The summed E-state index contributed by atoms with van der Waals surface area (Å²) < 4.78 is 16.0. The average molecular weight is 373 g/mol. The molecule has 0 saturated carbocycles. The summed E-state index contributed by atoms with van der Waals surface area (Å²) in [5.41, 5.74) is 1.13. The van der Waals surface area contributed by atoms with E-state index in [1.807, 2.05) is 35.2 Å². The number of anilines is 1. The Labute approximate surface area is 159 Å². The monoisotopic (exact) mass is 373 g/mol. The molecule has 0 atom stereocenters. The first-order chi connectivity index (χ1) is 13.3. The van der Waals surface area contributed by atoms with Gasteiger partial charge in [0.2, 0.25) is 0 Å². The molecular weight excluding hydrogens is 346 g/mol. The number of urea groups is 1. The highest BCUT2D eigenvalue weighted by molar-refractivity contribution is 5.74. The summed E-state index contributed by atoms with van der Waals surface area (Å²) in [5.74, 6) is 1.66. The van der Waals surface area contributed by atoms with E-state index in [1.165, 1.54) is 0 Å². The van der Waals surface area contributed by atoms with E-state index in [1.54, 1.807) is 13.4 Å². The van der Waals surface area contributed by atoms with Crippen LogP contribution in [0.2, 0.25) is 0 Å². The number of hydrogen-bond donors (Lipinski definition) is 1. The molecule has 1 N–H and O–H groups in total. The molecule has 2 aromatic rings. The first-order valence-electron chi connectivity index (χ1n) is 9.28. The maximum atomic E-state index is 12.3. The molecule has 1 aliphatic heterocycles. The SMILES string of the molecule is COc1cccc(N2CCN(C(=O)NCCCOCc3ccco3)CC2)c1. The van der Waals surface area contributed by atoms with Gasteiger partial charge in [-0.3, -0.25) is 0 Å². The van der Waals surface area contributed by atoms with Crippen LogP contribution in [0, 0.1) is 0 Å². The topological polar surface area (TPSA) is 67.2 Å². The first kappa shape index (κ1) is 19.1. The molecule has 1 aromatic carbocycles. The number of furan rings is 1. The van der Waals surface area contributed by atoms with Gasteiger partial charge in [0, 0.05) is 51.1 Å². The lowest BCUT2D eigenvalue weighted by Gasteiger charge is -2.36. The van der Waals surface area contributed by atoms with E-state index in [4.69, 9.17) is 13.9 Å². The summed E-state index contributed by atoms with van der Waals surface area (Å²) in [6, 6.07) is 11.7. The Hall–Kier alpha value is -2.67. The predicted molar refractivity (Wildman–Crippen MR) is 103 cm³/mol. The van der Waals surface area contributed by atoms with Gasteiger partial charge in [0.05, 0.1) is 13.4 Å². The zero-order chi connectivity index (χ0) is 18.9. The Balaban J connectivity index is 1.31. The van der Waals surface area contributed by atoms with Crippen molar-refractivity contribution in [3.05, 3.63) is 48.4 Å². The Morgan fingerprint density at radius 3 is 2.78 bits per heavy atom. The molecule has 1 aliphatic rings. The van der Waals surface area contributed by atoms with Gasteiger partial charge in [0.15, 0.2) is 0 Å². The molecule has 1 fully saturated rings. The van der Waals surface area contributed by atoms with Gasteiger partial charge >= 0.3 is 6.03 Å². The van der Waals surface area contributed by atoms with Crippen molar-refractivity contribution >= 4 is 11.7 Å². The Morgan fingerprint density at radius 2 is 2.04 bits per heavy atom. The fourth-order valence-electron chi connectivity index (χ4n) is 3.02. The summed E-state index contributed by atoms with van der Waals surface area (Å²) in [7, 11) is 1.67. The van der Waals surface area contributed by atoms with Crippen molar-refractivity contribution in [2.24, 2.45) is 0 Å². The van der Waals surface area contributed by atoms with E-state index in [-0.39, 0.29) is 6.03 Å². The molecule has 0 radical (unpaired) electrons. The van der Waals surface area contributed by atoms with Gasteiger partial charge in [-0.05, 0) is 30.7 Å². The van der Waals surface area contributed by atoms with Crippen LogP contribution in [-0.2, 0) is 11.3 Å². The Kier molecular flexibility index (Phi) is 6.98. The number of carbonyl (C=O) groups excluding carboxylic acids is 1. The van der Waals surface area contributed by atoms with E-state index in [0.29, 0.717) is 32.8 Å². The van der Waals surface area contributed by atoms with Gasteiger partial charge in [-0.15, -0.1) is 0 Å². The van der Waals surface area contributed by atoms with Crippen LogP contribution in [-0.4, -0.2) is 57.4 Å². The third-order valence-electron chi connectivity index (χ3n) is 4.55. The molecule has 3 rings (SSSR count). The first-order valence-corrected chi connectivity index (χ1v) is 9.28. The molecule has 0 bridgehead atoms. The number of piperazine rings is 1. The second-order valence-corrected chi connectivity index (χ2v) is 6.39. The molecule has 7 heteroatoms. The standard InChI is InChI=1S/C20H27N3O4/c1-25-18-6-2-5-17(15-18)22-9-11-23(12-10-22)20(24)21-8-4-13-26-16-19-7-3-14-27-19/h2-3,5-7,14-15H,4,8-13,16H2,1H3,(H,21,24). The normalized spacial score (nSPS) is 14.3. The minimum Gasteiger partial charge on any atom is -0.497 e. The van der Waals surface area contributed by atoms with Crippen molar-refractivity contribution < 1.29 is 18.7 Å². The third-order valence-corrected chi connectivity index (χ3v) is 4.55. The van der Waals surface area contributed by atoms with Crippen LogP contribution in [0.5, 0.6) is 5.75 Å². The number of carbonyl (C=O) groups is 1. The summed E-state index contributed by atoms with van der Waals surface area (Å²) in [6.07, 6.45) is 2.41. The van der Waals surface area contributed by atoms with E-state index in [9.17, 15) is 4.79 Å². The fourth-order valence-corrected chi connectivity index (χ4v) is 3.02. The van der Waals surface area contributed by atoms with Gasteiger partial charge in [-0.1, -0.05) is 6.07 Å². The van der Waals surface area contributed by atoms with Crippen LogP contribution in [0.4, 0.5) is 10.5 Å². The molecular formula is C20H27N3O4. The van der Waals surface area contributed by atoms with Gasteiger partial charge in [0.25, 0.3) is 0 Å². The van der Waals surface area contributed by atoms with Crippen LogP contribution in [0.15, 0.2) is 47.1 Å². The van der Waals surface area contributed by atoms with Gasteiger partial charge < -0.3 is 29.0 Å². The molecule has 2 heterocycles. The van der Waals surface area contributed by atoms with Crippen LogP contribution in [0.25, 0.3) is 0 Å².